The minimum Gasteiger partial charge on any atom is -0.495 e. The van der Waals surface area contributed by atoms with Crippen LogP contribution in [-0.4, -0.2) is 24.7 Å². The quantitative estimate of drug-likeness (QED) is 0.579. The molecule has 0 spiro atoms. The Morgan fingerprint density at radius 2 is 2.13 bits per heavy atom. The van der Waals surface area contributed by atoms with Gasteiger partial charge in [-0.2, -0.15) is 0 Å². The minimum atomic E-state index is -0.986. The highest BCUT2D eigenvalue weighted by Gasteiger charge is 2.10. The molecule has 23 heavy (non-hydrogen) atoms. The molecule has 0 aliphatic rings. The van der Waals surface area contributed by atoms with Crippen LogP contribution in [0.5, 0.6) is 5.75 Å². The number of methoxy groups -OCH3 is 1. The molecular formula is C16H17ClFN3O2. The first-order valence-electron chi connectivity index (χ1n) is 6.84. The van der Waals surface area contributed by atoms with Crippen molar-refractivity contribution in [3.63, 3.8) is 0 Å². The standard InChI is InChI=1S/C16H17ClFN3O2/c1-23-15-5-3-2-4-13(15)21-16(19)20-9-14(22)10-6-7-11(17)12(18)8-10/h2-8,14,22H,9H2,1H3,(H3,19,20,21). The topological polar surface area (TPSA) is 79.9 Å². The third kappa shape index (κ3) is 4.58. The molecule has 0 aromatic heterocycles. The van der Waals surface area contributed by atoms with Gasteiger partial charge in [-0.3, -0.25) is 4.99 Å². The second-order valence-corrected chi connectivity index (χ2v) is 5.15. The third-order valence-corrected chi connectivity index (χ3v) is 3.44. The van der Waals surface area contributed by atoms with Crippen molar-refractivity contribution in [1.82, 2.24) is 0 Å². The summed E-state index contributed by atoms with van der Waals surface area (Å²) in [6, 6.07) is 11.3. The summed E-state index contributed by atoms with van der Waals surface area (Å²) >= 11 is 5.61. The number of hydrogen-bond donors (Lipinski definition) is 3. The Labute approximate surface area is 138 Å². The van der Waals surface area contributed by atoms with E-state index in [-0.39, 0.29) is 17.5 Å². The summed E-state index contributed by atoms with van der Waals surface area (Å²) < 4.78 is 18.6. The lowest BCUT2D eigenvalue weighted by molar-refractivity contribution is 0.187. The zero-order valence-electron chi connectivity index (χ0n) is 12.5. The maximum atomic E-state index is 13.4. The highest BCUT2D eigenvalue weighted by molar-refractivity contribution is 6.30. The zero-order valence-corrected chi connectivity index (χ0v) is 13.2. The van der Waals surface area contributed by atoms with Crippen LogP contribution in [0.1, 0.15) is 11.7 Å². The molecule has 0 bridgehead atoms. The van der Waals surface area contributed by atoms with E-state index in [1.807, 2.05) is 12.1 Å². The van der Waals surface area contributed by atoms with Crippen molar-refractivity contribution in [3.8, 4) is 5.75 Å². The number of benzene rings is 2. The van der Waals surface area contributed by atoms with E-state index >= 15 is 0 Å². The summed E-state index contributed by atoms with van der Waals surface area (Å²) in [5, 5.41) is 12.9. The maximum Gasteiger partial charge on any atom is 0.193 e. The largest absolute Gasteiger partial charge is 0.495 e. The number of aliphatic hydroxyl groups is 1. The van der Waals surface area contributed by atoms with Crippen LogP contribution in [0.25, 0.3) is 0 Å². The molecule has 5 nitrogen and oxygen atoms in total. The lowest BCUT2D eigenvalue weighted by Crippen LogP contribution is -2.24. The maximum absolute atomic E-state index is 13.4. The van der Waals surface area contributed by atoms with Crippen molar-refractivity contribution < 1.29 is 14.2 Å². The van der Waals surface area contributed by atoms with Gasteiger partial charge < -0.3 is 20.9 Å². The van der Waals surface area contributed by atoms with Crippen LogP contribution in [0.2, 0.25) is 5.02 Å². The number of hydrogen-bond acceptors (Lipinski definition) is 3. The average molecular weight is 338 g/mol. The molecule has 0 aliphatic heterocycles. The number of anilines is 1. The van der Waals surface area contributed by atoms with E-state index in [9.17, 15) is 9.50 Å². The minimum absolute atomic E-state index is 0.00167. The normalized spacial score (nSPS) is 12.8. The van der Waals surface area contributed by atoms with E-state index in [4.69, 9.17) is 22.1 Å². The lowest BCUT2D eigenvalue weighted by Gasteiger charge is -2.12. The zero-order chi connectivity index (χ0) is 16.8. The van der Waals surface area contributed by atoms with Crippen LogP contribution < -0.4 is 15.8 Å². The van der Waals surface area contributed by atoms with Crippen LogP contribution >= 0.6 is 11.6 Å². The van der Waals surface area contributed by atoms with Gasteiger partial charge in [-0.1, -0.05) is 29.8 Å². The predicted octanol–water partition coefficient (Wildman–Crippen LogP) is 2.95. The van der Waals surface area contributed by atoms with E-state index in [0.717, 1.165) is 0 Å². The fourth-order valence-corrected chi connectivity index (χ4v) is 2.05. The van der Waals surface area contributed by atoms with Gasteiger partial charge in [0.1, 0.15) is 11.6 Å². The summed E-state index contributed by atoms with van der Waals surface area (Å²) in [6.07, 6.45) is -0.986. The van der Waals surface area contributed by atoms with Gasteiger partial charge in [0.15, 0.2) is 5.96 Å². The molecule has 0 saturated heterocycles. The van der Waals surface area contributed by atoms with E-state index in [1.165, 1.54) is 18.2 Å². The van der Waals surface area contributed by atoms with Crippen LogP contribution in [0.4, 0.5) is 10.1 Å². The molecule has 2 aromatic rings. The molecule has 0 heterocycles. The number of nitrogens with one attached hydrogen (secondary N) is 1. The number of nitrogens with zero attached hydrogens (tertiary/aromatic N) is 1. The summed E-state index contributed by atoms with van der Waals surface area (Å²) in [6.45, 7) is -0.0188. The van der Waals surface area contributed by atoms with Gasteiger partial charge in [0, 0.05) is 0 Å². The number of nitrogens with two attached hydrogens (primary N) is 1. The molecule has 7 heteroatoms. The highest BCUT2D eigenvalue weighted by Crippen LogP contribution is 2.23. The smallest absolute Gasteiger partial charge is 0.193 e. The van der Waals surface area contributed by atoms with Gasteiger partial charge in [-0.25, -0.2) is 4.39 Å². The van der Waals surface area contributed by atoms with Crippen molar-refractivity contribution in [1.29, 1.82) is 0 Å². The van der Waals surface area contributed by atoms with Gasteiger partial charge in [-0.05, 0) is 29.8 Å². The Morgan fingerprint density at radius 3 is 2.83 bits per heavy atom. The van der Waals surface area contributed by atoms with E-state index in [2.05, 4.69) is 10.3 Å². The van der Waals surface area contributed by atoms with Gasteiger partial charge >= 0.3 is 0 Å². The predicted molar refractivity (Wildman–Crippen MR) is 89.5 cm³/mol. The summed E-state index contributed by atoms with van der Waals surface area (Å²) in [5.74, 6) is 0.140. The fraction of sp³-hybridized carbons (Fsp3) is 0.188. The summed E-state index contributed by atoms with van der Waals surface area (Å²) in [5.41, 5.74) is 6.82. The van der Waals surface area contributed by atoms with Crippen molar-refractivity contribution >= 4 is 23.2 Å². The first-order chi connectivity index (χ1) is 11.0. The van der Waals surface area contributed by atoms with Crippen molar-refractivity contribution in [2.24, 2.45) is 10.7 Å². The second-order valence-electron chi connectivity index (χ2n) is 4.74. The molecule has 2 rings (SSSR count). The highest BCUT2D eigenvalue weighted by atomic mass is 35.5. The fourth-order valence-electron chi connectivity index (χ4n) is 1.94. The van der Waals surface area contributed by atoms with Crippen LogP contribution in [0, 0.1) is 5.82 Å². The van der Waals surface area contributed by atoms with Gasteiger partial charge in [-0.15, -0.1) is 0 Å². The third-order valence-electron chi connectivity index (χ3n) is 3.13. The number of halogens is 2. The number of aliphatic hydroxyl groups excluding tert-OH is 1. The van der Waals surface area contributed by atoms with Crippen molar-refractivity contribution in [2.75, 3.05) is 19.0 Å². The number of rotatable bonds is 5. The van der Waals surface area contributed by atoms with Gasteiger partial charge in [0.2, 0.25) is 0 Å². The molecule has 0 amide bonds. The molecule has 2 aromatic carbocycles. The number of para-hydroxylation sites is 2. The molecule has 4 N–H and O–H groups in total. The summed E-state index contributed by atoms with van der Waals surface area (Å²) in [7, 11) is 1.55. The molecule has 1 atom stereocenters. The molecular weight excluding hydrogens is 321 g/mol. The second kappa shape index (κ2) is 7.80. The number of guanidine groups is 1. The SMILES string of the molecule is COc1ccccc1NC(N)=NCC(O)c1ccc(Cl)c(F)c1. The number of ether oxygens (including phenoxy) is 1. The summed E-state index contributed by atoms with van der Waals surface area (Å²) in [4.78, 5) is 4.05. The molecule has 122 valence electrons. The monoisotopic (exact) mass is 337 g/mol. The first kappa shape index (κ1) is 17.1. The van der Waals surface area contributed by atoms with Crippen LogP contribution in [0.15, 0.2) is 47.5 Å². The van der Waals surface area contributed by atoms with E-state index < -0.39 is 11.9 Å². The molecule has 0 radical (unpaired) electrons. The molecule has 1 unspecified atom stereocenters. The Hall–Kier alpha value is -2.31. The van der Waals surface area contributed by atoms with Crippen LogP contribution in [-0.2, 0) is 0 Å². The molecule has 0 saturated carbocycles. The van der Waals surface area contributed by atoms with Crippen molar-refractivity contribution in [3.05, 3.63) is 58.9 Å². The van der Waals surface area contributed by atoms with Crippen molar-refractivity contribution in [2.45, 2.75) is 6.10 Å². The number of aliphatic imine (C=N–C) groups is 1. The first-order valence-corrected chi connectivity index (χ1v) is 7.22. The average Bonchev–Trinajstić information content (AvgIpc) is 2.55. The van der Waals surface area contributed by atoms with Gasteiger partial charge in [0.25, 0.3) is 0 Å². The lowest BCUT2D eigenvalue weighted by atomic mass is 10.1. The Bertz CT molecular complexity index is 709. The molecule has 0 aliphatic carbocycles. The van der Waals surface area contributed by atoms with E-state index in [1.54, 1.807) is 19.2 Å². The van der Waals surface area contributed by atoms with Gasteiger partial charge in [0.05, 0.1) is 30.5 Å². The Kier molecular flexibility index (Phi) is 5.78. The Balaban J connectivity index is 2.02. The Morgan fingerprint density at radius 1 is 1.39 bits per heavy atom. The van der Waals surface area contributed by atoms with Crippen LogP contribution in [0.3, 0.4) is 0 Å². The van der Waals surface area contributed by atoms with E-state index in [0.29, 0.717) is 17.0 Å². The molecule has 0 fully saturated rings.